The Balaban J connectivity index is 0.000000437. The summed E-state index contributed by atoms with van der Waals surface area (Å²) in [4.78, 5) is 18.0. The van der Waals surface area contributed by atoms with Gasteiger partial charge in [0.1, 0.15) is 0 Å². The van der Waals surface area contributed by atoms with E-state index in [0.717, 1.165) is 34.6 Å². The molecule has 4 heteroatoms. The van der Waals surface area contributed by atoms with Gasteiger partial charge in [-0.15, -0.1) is 0 Å². The number of hydrogen-bond donors (Lipinski definition) is 1. The van der Waals surface area contributed by atoms with Gasteiger partial charge in [0.05, 0.1) is 0 Å². The normalized spacial score (nSPS) is 9.76. The zero-order valence-corrected chi connectivity index (χ0v) is 10.5. The number of hydrogen-bond acceptors (Lipinski definition) is 2. The average molecular weight is 249 g/mol. The molecular weight excluding hydrogens is 235 g/mol. The Morgan fingerprint density at radius 1 is 1.24 bits per heavy atom. The zero-order chi connectivity index (χ0) is 12.7. The molecule has 0 saturated carbocycles. The third kappa shape index (κ3) is 3.19. The van der Waals surface area contributed by atoms with Crippen LogP contribution in [0.15, 0.2) is 36.4 Å². The molecule has 0 fully saturated rings. The minimum absolute atomic E-state index is 0.839. The number of rotatable bonds is 2. The van der Waals surface area contributed by atoms with Gasteiger partial charge in [-0.1, -0.05) is 43.3 Å². The standard InChI is InChI=1S/C13H12O.HO2P/c1-2-10-7-8-11-5-3-4-6-12(11)13(10)9-14;1-3-2/h3-9H,2H2,1H3;3H/p+1. The second kappa shape index (κ2) is 6.89. The highest BCUT2D eigenvalue weighted by Crippen LogP contribution is 2.21. The molecule has 2 aromatic rings. The monoisotopic (exact) mass is 249 g/mol. The summed E-state index contributed by atoms with van der Waals surface area (Å²) in [6, 6.07) is 12.1. The number of benzene rings is 2. The van der Waals surface area contributed by atoms with Crippen LogP contribution in [0.4, 0.5) is 0 Å². The lowest BCUT2D eigenvalue weighted by Crippen LogP contribution is -1.91. The van der Waals surface area contributed by atoms with Crippen molar-refractivity contribution in [3.05, 3.63) is 47.5 Å². The molecule has 0 aromatic heterocycles. The molecule has 0 saturated heterocycles. The first-order chi connectivity index (χ1) is 8.28. The molecule has 0 amide bonds. The minimum Gasteiger partial charge on any atom is -0.298 e. The van der Waals surface area contributed by atoms with E-state index in [1.807, 2.05) is 30.3 Å². The summed E-state index contributed by atoms with van der Waals surface area (Å²) < 4.78 is 8.51. The molecule has 0 aliphatic heterocycles. The van der Waals surface area contributed by atoms with Crippen molar-refractivity contribution in [3.8, 4) is 0 Å². The van der Waals surface area contributed by atoms with Gasteiger partial charge in [-0.05, 0) is 27.3 Å². The van der Waals surface area contributed by atoms with E-state index in [1.165, 1.54) is 0 Å². The van der Waals surface area contributed by atoms with Gasteiger partial charge >= 0.3 is 8.69 Å². The predicted molar refractivity (Wildman–Crippen MR) is 69.9 cm³/mol. The maximum Gasteiger partial charge on any atom is 0.491 e. The van der Waals surface area contributed by atoms with Crippen LogP contribution >= 0.6 is 8.69 Å². The van der Waals surface area contributed by atoms with Crippen molar-refractivity contribution < 1.29 is 14.3 Å². The van der Waals surface area contributed by atoms with Gasteiger partial charge in [0.15, 0.2) is 6.29 Å². The Hall–Kier alpha value is -1.57. The van der Waals surface area contributed by atoms with Crippen LogP contribution in [0.1, 0.15) is 22.8 Å². The van der Waals surface area contributed by atoms with Crippen molar-refractivity contribution in [2.24, 2.45) is 0 Å². The molecule has 0 aliphatic carbocycles. The van der Waals surface area contributed by atoms with Crippen molar-refractivity contribution in [2.45, 2.75) is 13.3 Å². The van der Waals surface area contributed by atoms with Crippen LogP contribution in [-0.2, 0) is 11.0 Å². The fourth-order valence-corrected chi connectivity index (χ4v) is 1.79. The van der Waals surface area contributed by atoms with Crippen molar-refractivity contribution in [1.29, 1.82) is 0 Å². The van der Waals surface area contributed by atoms with Crippen molar-refractivity contribution >= 4 is 25.7 Å². The minimum atomic E-state index is -1.17. The third-order valence-corrected chi connectivity index (χ3v) is 2.56. The first kappa shape index (κ1) is 13.5. The lowest BCUT2D eigenvalue weighted by atomic mass is 9.98. The van der Waals surface area contributed by atoms with Crippen LogP contribution < -0.4 is 0 Å². The van der Waals surface area contributed by atoms with E-state index < -0.39 is 8.69 Å². The number of aryl methyl sites for hydroxylation is 1. The van der Waals surface area contributed by atoms with Crippen molar-refractivity contribution in [3.63, 3.8) is 0 Å². The molecule has 17 heavy (non-hydrogen) atoms. The zero-order valence-electron chi connectivity index (χ0n) is 9.51. The lowest BCUT2D eigenvalue weighted by Gasteiger charge is -2.05. The smallest absolute Gasteiger partial charge is 0.298 e. The Kier molecular flexibility index (Phi) is 5.47. The summed E-state index contributed by atoms with van der Waals surface area (Å²) in [7, 11) is -1.17. The molecule has 1 unspecified atom stereocenters. The SMILES string of the molecule is CCc1ccc2ccccc2c1C=O.O=[PH+]O. The van der Waals surface area contributed by atoms with Gasteiger partial charge in [0.2, 0.25) is 0 Å². The fourth-order valence-electron chi connectivity index (χ4n) is 1.79. The molecule has 0 spiro atoms. The van der Waals surface area contributed by atoms with Gasteiger partial charge in [-0.2, -0.15) is 4.89 Å². The lowest BCUT2D eigenvalue weighted by molar-refractivity contribution is 0.112. The molecule has 88 valence electrons. The van der Waals surface area contributed by atoms with Crippen LogP contribution in [0, 0.1) is 0 Å². The van der Waals surface area contributed by atoms with E-state index >= 15 is 0 Å². The van der Waals surface area contributed by atoms with E-state index in [9.17, 15) is 4.79 Å². The topological polar surface area (TPSA) is 54.4 Å². The Bertz CT molecular complexity index is 523. The van der Waals surface area contributed by atoms with Gasteiger partial charge in [0, 0.05) is 5.56 Å². The highest BCUT2D eigenvalue weighted by molar-refractivity contribution is 7.16. The van der Waals surface area contributed by atoms with Crippen LogP contribution in [0.25, 0.3) is 10.8 Å². The molecule has 2 aromatic carbocycles. The van der Waals surface area contributed by atoms with E-state index in [1.54, 1.807) is 0 Å². The van der Waals surface area contributed by atoms with Crippen LogP contribution in [0.3, 0.4) is 0 Å². The number of aldehydes is 1. The summed E-state index contributed by atoms with van der Waals surface area (Å²) in [5, 5.41) is 2.19. The van der Waals surface area contributed by atoms with Crippen molar-refractivity contribution in [1.82, 2.24) is 0 Å². The summed E-state index contributed by atoms with van der Waals surface area (Å²) in [6.07, 6.45) is 1.86. The molecule has 1 atom stereocenters. The summed E-state index contributed by atoms with van der Waals surface area (Å²) in [6.45, 7) is 2.07. The molecule has 0 bridgehead atoms. The second-order valence-electron chi connectivity index (χ2n) is 3.42. The molecule has 1 N–H and O–H groups in total. The Labute approximate surface area is 101 Å². The van der Waals surface area contributed by atoms with Gasteiger partial charge in [0.25, 0.3) is 0 Å². The maximum absolute atomic E-state index is 11.0. The number of carbonyl (C=O) groups is 1. The molecule has 0 aliphatic rings. The second-order valence-corrected chi connectivity index (χ2v) is 3.60. The van der Waals surface area contributed by atoms with Gasteiger partial charge < -0.3 is 0 Å². The first-order valence-corrected chi connectivity index (χ1v) is 6.11. The van der Waals surface area contributed by atoms with E-state index in [4.69, 9.17) is 9.46 Å². The third-order valence-electron chi connectivity index (χ3n) is 2.56. The van der Waals surface area contributed by atoms with E-state index in [2.05, 4.69) is 13.0 Å². The summed E-state index contributed by atoms with van der Waals surface area (Å²) in [5.74, 6) is 0. The van der Waals surface area contributed by atoms with Crippen molar-refractivity contribution in [2.75, 3.05) is 0 Å². The first-order valence-electron chi connectivity index (χ1n) is 5.25. The van der Waals surface area contributed by atoms with E-state index in [0.29, 0.717) is 0 Å². The largest absolute Gasteiger partial charge is 0.491 e. The Morgan fingerprint density at radius 3 is 2.47 bits per heavy atom. The molecule has 3 nitrogen and oxygen atoms in total. The van der Waals surface area contributed by atoms with Crippen LogP contribution in [0.2, 0.25) is 0 Å². The summed E-state index contributed by atoms with van der Waals surface area (Å²) >= 11 is 0. The maximum atomic E-state index is 11.0. The van der Waals surface area contributed by atoms with E-state index in [-0.39, 0.29) is 0 Å². The highest BCUT2D eigenvalue weighted by atomic mass is 31.1. The number of fused-ring (bicyclic) bond motifs is 1. The van der Waals surface area contributed by atoms with Gasteiger partial charge in [-0.25, -0.2) is 0 Å². The molecule has 0 heterocycles. The summed E-state index contributed by atoms with van der Waals surface area (Å²) in [5.41, 5.74) is 1.96. The molecular formula is C13H14O3P+. The molecule has 2 rings (SSSR count). The highest BCUT2D eigenvalue weighted by Gasteiger charge is 2.03. The number of carbonyl (C=O) groups excluding carboxylic acids is 1. The molecule has 0 radical (unpaired) electrons. The fraction of sp³-hybridized carbons (Fsp3) is 0.154. The predicted octanol–water partition coefficient (Wildman–Crippen LogP) is 3.13. The van der Waals surface area contributed by atoms with Crippen LogP contribution in [0.5, 0.6) is 0 Å². The quantitative estimate of drug-likeness (QED) is 0.657. The Morgan fingerprint density at radius 2 is 1.88 bits per heavy atom. The van der Waals surface area contributed by atoms with Gasteiger partial charge in [-0.3, -0.25) is 4.79 Å². The average Bonchev–Trinajstić information content (AvgIpc) is 2.38. The van der Waals surface area contributed by atoms with Crippen LogP contribution in [-0.4, -0.2) is 11.2 Å².